The first-order chi connectivity index (χ1) is 10.7. The highest BCUT2D eigenvalue weighted by molar-refractivity contribution is 14.1. The van der Waals surface area contributed by atoms with Crippen molar-refractivity contribution >= 4 is 58.2 Å². The fraction of sp³-hybridized carbons (Fsp3) is 0.600. The van der Waals surface area contributed by atoms with Gasteiger partial charge in [0.25, 0.3) is 0 Å². The largest absolute Gasteiger partial charge is 0.409 e. The summed E-state index contributed by atoms with van der Waals surface area (Å²) in [5.41, 5.74) is 1.36. The quantitative estimate of drug-likeness (QED) is 0.294. The molecule has 8 heteroatoms. The van der Waals surface area contributed by atoms with Gasteiger partial charge in [-0.2, -0.15) is 0 Å². The minimum Gasteiger partial charge on any atom is -0.409 e. The minimum atomic E-state index is -3.37. The van der Waals surface area contributed by atoms with Gasteiger partial charge in [-0.25, -0.2) is 8.42 Å². The Morgan fingerprint density at radius 1 is 1.26 bits per heavy atom. The fourth-order valence-corrected chi connectivity index (χ4v) is 7.15. The van der Waals surface area contributed by atoms with Crippen LogP contribution >= 0.6 is 34.2 Å². The number of benzene rings is 1. The van der Waals surface area contributed by atoms with Crippen molar-refractivity contribution in [2.45, 2.75) is 45.0 Å². The van der Waals surface area contributed by atoms with Crippen LogP contribution in [0.15, 0.2) is 18.2 Å². The van der Waals surface area contributed by atoms with Gasteiger partial charge in [0, 0.05) is 4.43 Å². The number of nitrogens with one attached hydrogen (secondary N) is 1. The molecule has 1 atom stereocenters. The Hall–Kier alpha value is 0.167. The number of hydrogen-bond acceptors (Lipinski definition) is 3. The van der Waals surface area contributed by atoms with Crippen LogP contribution in [0.2, 0.25) is 23.2 Å². The normalized spacial score (nSPS) is 13.8. The van der Waals surface area contributed by atoms with Gasteiger partial charge in [-0.3, -0.25) is 4.72 Å². The maximum atomic E-state index is 11.5. The topological polar surface area (TPSA) is 55.4 Å². The standard InChI is InChI=1S/C15H25ClINO3SSi/c1-5-23(6-2,7-3)21-15(11-17)12-8-9-13(16)14(10-12)18-22(4,19)20/h8-10,15,18H,5-7,11H2,1-4H3. The Kier molecular flexibility index (Phi) is 8.33. The number of rotatable bonds is 9. The van der Waals surface area contributed by atoms with E-state index in [9.17, 15) is 8.42 Å². The molecule has 0 aliphatic heterocycles. The number of halogens is 2. The van der Waals surface area contributed by atoms with Crippen molar-refractivity contribution in [1.29, 1.82) is 0 Å². The van der Waals surface area contributed by atoms with Crippen LogP contribution in [0.4, 0.5) is 5.69 Å². The van der Waals surface area contributed by atoms with Crippen LogP contribution in [0.3, 0.4) is 0 Å². The average molecular weight is 490 g/mol. The van der Waals surface area contributed by atoms with E-state index in [1.54, 1.807) is 12.1 Å². The van der Waals surface area contributed by atoms with Gasteiger partial charge < -0.3 is 4.43 Å². The number of hydrogen-bond donors (Lipinski definition) is 1. The summed E-state index contributed by atoms with van der Waals surface area (Å²) in [4.78, 5) is 0. The molecule has 1 N–H and O–H groups in total. The molecule has 0 fully saturated rings. The third-order valence-electron chi connectivity index (χ3n) is 4.12. The van der Waals surface area contributed by atoms with Crippen molar-refractivity contribution < 1.29 is 12.8 Å². The SMILES string of the molecule is CC[Si](CC)(CC)OC(CI)c1ccc(Cl)c(NS(C)(=O)=O)c1. The van der Waals surface area contributed by atoms with Gasteiger partial charge in [0.05, 0.1) is 23.1 Å². The van der Waals surface area contributed by atoms with Crippen molar-refractivity contribution in [3.63, 3.8) is 0 Å². The maximum Gasteiger partial charge on any atom is 0.229 e. The molecule has 0 radical (unpaired) electrons. The van der Waals surface area contributed by atoms with Crippen LogP contribution in [-0.2, 0) is 14.4 Å². The smallest absolute Gasteiger partial charge is 0.229 e. The van der Waals surface area contributed by atoms with E-state index in [0.29, 0.717) is 10.7 Å². The van der Waals surface area contributed by atoms with E-state index < -0.39 is 18.3 Å². The first kappa shape index (κ1) is 21.2. The molecule has 1 rings (SSSR count). The molecule has 0 aromatic heterocycles. The lowest BCUT2D eigenvalue weighted by Crippen LogP contribution is -2.37. The molecule has 23 heavy (non-hydrogen) atoms. The Morgan fingerprint density at radius 2 is 1.83 bits per heavy atom. The molecule has 0 spiro atoms. The van der Waals surface area contributed by atoms with Crippen molar-refractivity contribution in [1.82, 2.24) is 0 Å². The second-order valence-corrected chi connectivity index (χ2v) is 13.4. The van der Waals surface area contributed by atoms with Gasteiger partial charge in [-0.05, 0) is 35.8 Å². The van der Waals surface area contributed by atoms with Crippen molar-refractivity contribution in [3.05, 3.63) is 28.8 Å². The first-order valence-electron chi connectivity index (χ1n) is 7.71. The average Bonchev–Trinajstić information content (AvgIpc) is 2.50. The highest BCUT2D eigenvalue weighted by Crippen LogP contribution is 2.34. The number of anilines is 1. The van der Waals surface area contributed by atoms with E-state index in [1.807, 2.05) is 6.07 Å². The Balaban J connectivity index is 3.14. The minimum absolute atomic E-state index is 0.0421. The van der Waals surface area contributed by atoms with Crippen molar-refractivity contribution in [2.75, 3.05) is 15.4 Å². The van der Waals surface area contributed by atoms with Gasteiger partial charge in [0.15, 0.2) is 8.32 Å². The van der Waals surface area contributed by atoms with Crippen LogP contribution in [-0.4, -0.2) is 27.4 Å². The van der Waals surface area contributed by atoms with E-state index in [4.69, 9.17) is 16.0 Å². The van der Waals surface area contributed by atoms with Crippen LogP contribution in [0, 0.1) is 0 Å². The molecule has 1 aromatic carbocycles. The molecule has 0 aliphatic rings. The lowest BCUT2D eigenvalue weighted by atomic mass is 10.1. The second kappa shape index (κ2) is 9.03. The summed E-state index contributed by atoms with van der Waals surface area (Å²) in [5.74, 6) is 0. The van der Waals surface area contributed by atoms with Crippen molar-refractivity contribution in [2.24, 2.45) is 0 Å². The summed E-state index contributed by atoms with van der Waals surface area (Å²) in [6.07, 6.45) is 1.07. The Bertz CT molecular complexity index is 615. The molecule has 0 saturated carbocycles. The summed E-state index contributed by atoms with van der Waals surface area (Å²) in [6.45, 7) is 6.59. The molecule has 0 bridgehead atoms. The highest BCUT2D eigenvalue weighted by Gasteiger charge is 2.32. The summed E-state index contributed by atoms with van der Waals surface area (Å²) in [7, 11) is -5.10. The molecular formula is C15H25ClINO3SSi. The third kappa shape index (κ3) is 6.19. The maximum absolute atomic E-state index is 11.5. The molecular weight excluding hydrogens is 465 g/mol. The van der Waals surface area contributed by atoms with Crippen LogP contribution in [0.5, 0.6) is 0 Å². The van der Waals surface area contributed by atoms with E-state index in [0.717, 1.165) is 34.4 Å². The third-order valence-corrected chi connectivity index (χ3v) is 10.5. The van der Waals surface area contributed by atoms with Crippen LogP contribution < -0.4 is 4.72 Å². The Morgan fingerprint density at radius 3 is 2.26 bits per heavy atom. The first-order valence-corrected chi connectivity index (χ1v) is 14.0. The summed E-state index contributed by atoms with van der Waals surface area (Å²) in [6, 6.07) is 8.66. The van der Waals surface area contributed by atoms with Gasteiger partial charge in [0.1, 0.15) is 0 Å². The van der Waals surface area contributed by atoms with Crippen LogP contribution in [0.1, 0.15) is 32.4 Å². The molecule has 0 aliphatic carbocycles. The van der Waals surface area contributed by atoms with E-state index in [1.165, 1.54) is 0 Å². The molecule has 132 valence electrons. The molecule has 0 amide bonds. The Labute approximate surface area is 159 Å². The summed E-state index contributed by atoms with van der Waals surface area (Å²) in [5, 5.41) is 0.386. The molecule has 0 heterocycles. The van der Waals surface area contributed by atoms with Gasteiger partial charge >= 0.3 is 0 Å². The summed E-state index contributed by atoms with van der Waals surface area (Å²) >= 11 is 8.42. The zero-order valence-corrected chi connectivity index (χ0v) is 18.8. The predicted molar refractivity (Wildman–Crippen MR) is 110 cm³/mol. The lowest BCUT2D eigenvalue weighted by Gasteiger charge is -2.33. The molecule has 1 aromatic rings. The summed E-state index contributed by atoms with van der Waals surface area (Å²) < 4.78 is 32.8. The molecule has 0 saturated heterocycles. The highest BCUT2D eigenvalue weighted by atomic mass is 127. The van der Waals surface area contributed by atoms with E-state index in [-0.39, 0.29) is 6.10 Å². The monoisotopic (exact) mass is 489 g/mol. The number of sulfonamides is 1. The second-order valence-electron chi connectivity index (χ2n) is 5.62. The van der Waals surface area contributed by atoms with Crippen LogP contribution in [0.25, 0.3) is 0 Å². The molecule has 4 nitrogen and oxygen atoms in total. The predicted octanol–water partition coefficient (Wildman–Crippen LogP) is 5.21. The number of alkyl halides is 1. The van der Waals surface area contributed by atoms with E-state index >= 15 is 0 Å². The van der Waals surface area contributed by atoms with E-state index in [2.05, 4.69) is 48.1 Å². The van der Waals surface area contributed by atoms with Gasteiger partial charge in [0.2, 0.25) is 10.0 Å². The van der Waals surface area contributed by atoms with Crippen molar-refractivity contribution in [3.8, 4) is 0 Å². The molecule has 1 unspecified atom stereocenters. The van der Waals surface area contributed by atoms with Gasteiger partial charge in [-0.1, -0.05) is 61.0 Å². The van der Waals surface area contributed by atoms with Gasteiger partial charge in [-0.15, -0.1) is 0 Å². The fourth-order valence-electron chi connectivity index (χ4n) is 2.51. The lowest BCUT2D eigenvalue weighted by molar-refractivity contribution is 0.218. The zero-order valence-electron chi connectivity index (χ0n) is 14.0. The zero-order chi connectivity index (χ0) is 17.7.